The highest BCUT2D eigenvalue weighted by atomic mass is 35.5. The molecule has 1 aromatic heterocycles. The average Bonchev–Trinajstić information content (AvgIpc) is 3.36. The number of carboxylic acids is 1. The first kappa shape index (κ1) is 25.5. The van der Waals surface area contributed by atoms with Crippen LogP contribution in [0, 0.1) is 12.7 Å². The van der Waals surface area contributed by atoms with Crippen molar-refractivity contribution in [3.63, 3.8) is 0 Å². The highest BCUT2D eigenvalue weighted by molar-refractivity contribution is 6.31. The van der Waals surface area contributed by atoms with Crippen LogP contribution in [0.25, 0.3) is 0 Å². The average molecular weight is 529 g/mol. The molecule has 0 aliphatic carbocycles. The first-order valence-corrected chi connectivity index (χ1v) is 10.9. The second kappa shape index (κ2) is 9.82. The minimum absolute atomic E-state index is 0.0298. The molecule has 0 saturated carbocycles. The number of benzene rings is 1. The van der Waals surface area contributed by atoms with Gasteiger partial charge in [-0.15, -0.1) is 0 Å². The predicted octanol–water partition coefficient (Wildman–Crippen LogP) is 3.66. The number of halogens is 4. The van der Waals surface area contributed by atoms with Crippen LogP contribution in [-0.4, -0.2) is 65.1 Å². The molecule has 2 aliphatic heterocycles. The number of nitrogens with zero attached hydrogens (tertiary/aromatic N) is 3. The normalized spacial score (nSPS) is 21.7. The molecule has 2 aromatic rings. The molecule has 1 saturated heterocycles. The molecule has 0 radical (unpaired) electrons. The monoisotopic (exact) mass is 528 g/mol. The molecular formula is C22H20ClF3N4O6. The number of carbonyl (C=O) groups excluding carboxylic acids is 1. The number of alkyl halides is 2. The molecule has 2 aliphatic rings. The number of likely N-dealkylation sites (tertiary alicyclic amines) is 1. The first-order valence-electron chi connectivity index (χ1n) is 10.5. The lowest BCUT2D eigenvalue weighted by Gasteiger charge is -2.30. The molecule has 1 fully saturated rings. The molecule has 14 heteroatoms. The van der Waals surface area contributed by atoms with Crippen LogP contribution in [0.2, 0.25) is 5.02 Å². The van der Waals surface area contributed by atoms with Crippen molar-refractivity contribution < 1.29 is 41.8 Å². The van der Waals surface area contributed by atoms with E-state index in [1.165, 1.54) is 12.5 Å². The van der Waals surface area contributed by atoms with E-state index in [-0.39, 0.29) is 33.6 Å². The molecule has 36 heavy (non-hydrogen) atoms. The lowest BCUT2D eigenvalue weighted by molar-refractivity contribution is -0.142. The number of hydrogen-bond acceptors (Lipinski definition) is 9. The van der Waals surface area contributed by atoms with E-state index in [1.807, 2.05) is 0 Å². The van der Waals surface area contributed by atoms with Gasteiger partial charge in [0.1, 0.15) is 29.4 Å². The molecule has 192 valence electrons. The highest BCUT2D eigenvalue weighted by Crippen LogP contribution is 2.38. The number of aryl methyl sites for hydroxylation is 1. The van der Waals surface area contributed by atoms with Crippen molar-refractivity contribution in [1.82, 2.24) is 15.2 Å². The number of carbonyl (C=O) groups is 2. The number of rotatable bonds is 6. The van der Waals surface area contributed by atoms with Crippen LogP contribution in [-0.2, 0) is 14.3 Å². The van der Waals surface area contributed by atoms with E-state index < -0.39 is 55.5 Å². The number of hydrogen-bond donors (Lipinski definition) is 2. The van der Waals surface area contributed by atoms with Gasteiger partial charge in [0.15, 0.2) is 18.0 Å². The van der Waals surface area contributed by atoms with Gasteiger partial charge in [-0.1, -0.05) is 17.7 Å². The second-order valence-corrected chi connectivity index (χ2v) is 8.55. The lowest BCUT2D eigenvalue weighted by atomic mass is 10.0. The third-order valence-electron chi connectivity index (χ3n) is 5.67. The molecule has 0 amide bonds. The topological polar surface area (TPSA) is 126 Å². The molecule has 0 bridgehead atoms. The van der Waals surface area contributed by atoms with Gasteiger partial charge in [-0.2, -0.15) is 0 Å². The Morgan fingerprint density at radius 2 is 2.14 bits per heavy atom. The Balaban J connectivity index is 1.85. The molecule has 0 unspecified atom stereocenters. The summed E-state index contributed by atoms with van der Waals surface area (Å²) in [5.74, 6) is -5.04. The summed E-state index contributed by atoms with van der Waals surface area (Å²) in [6.45, 7) is 0.361. The number of amidine groups is 1. The number of aliphatic imine (C=N–C) groups is 1. The number of oxazole rings is 1. The molecule has 1 aromatic carbocycles. The molecule has 3 heterocycles. The van der Waals surface area contributed by atoms with Gasteiger partial charge in [-0.05, 0) is 19.1 Å². The maximum absolute atomic E-state index is 14.2. The van der Waals surface area contributed by atoms with Crippen LogP contribution in [0.1, 0.15) is 29.5 Å². The Morgan fingerprint density at radius 1 is 1.39 bits per heavy atom. The largest absolute Gasteiger partial charge is 0.513 e. The fourth-order valence-electron chi connectivity index (χ4n) is 4.04. The fourth-order valence-corrected chi connectivity index (χ4v) is 4.31. The van der Waals surface area contributed by atoms with Crippen LogP contribution in [0.5, 0.6) is 0 Å². The third-order valence-corrected chi connectivity index (χ3v) is 6.00. The van der Waals surface area contributed by atoms with Crippen molar-refractivity contribution in [2.75, 3.05) is 20.2 Å². The molecule has 2 atom stereocenters. The summed E-state index contributed by atoms with van der Waals surface area (Å²) < 4.78 is 57.3. The number of carboxylic acid groups (broad SMARTS) is 1. The van der Waals surface area contributed by atoms with Crippen molar-refractivity contribution in [1.29, 1.82) is 0 Å². The van der Waals surface area contributed by atoms with Gasteiger partial charge in [0, 0.05) is 23.6 Å². The zero-order valence-corrected chi connectivity index (χ0v) is 19.7. The minimum atomic E-state index is -3.25. The van der Waals surface area contributed by atoms with E-state index in [4.69, 9.17) is 20.8 Å². The van der Waals surface area contributed by atoms with Crippen LogP contribution in [0.4, 0.5) is 18.0 Å². The third kappa shape index (κ3) is 5.16. The lowest BCUT2D eigenvalue weighted by Crippen LogP contribution is -2.43. The van der Waals surface area contributed by atoms with E-state index in [1.54, 1.807) is 6.92 Å². The van der Waals surface area contributed by atoms with Crippen molar-refractivity contribution in [3.05, 3.63) is 63.9 Å². The second-order valence-electron chi connectivity index (χ2n) is 8.15. The Hall–Kier alpha value is -3.58. The molecular weight excluding hydrogens is 509 g/mol. The van der Waals surface area contributed by atoms with Gasteiger partial charge < -0.3 is 24.3 Å². The Bertz CT molecular complexity index is 1260. The van der Waals surface area contributed by atoms with Crippen LogP contribution < -0.4 is 5.32 Å². The summed E-state index contributed by atoms with van der Waals surface area (Å²) >= 11 is 6.28. The summed E-state index contributed by atoms with van der Waals surface area (Å²) in [6.07, 6.45) is -0.871. The molecule has 4 rings (SSSR count). The van der Waals surface area contributed by atoms with Crippen molar-refractivity contribution >= 4 is 29.6 Å². The summed E-state index contributed by atoms with van der Waals surface area (Å²) in [6, 6.07) is 0.805. The van der Waals surface area contributed by atoms with Crippen molar-refractivity contribution in [3.8, 4) is 0 Å². The number of nitrogens with one attached hydrogen (secondary N) is 1. The van der Waals surface area contributed by atoms with Gasteiger partial charge in [0.25, 0.3) is 5.92 Å². The van der Waals surface area contributed by atoms with Crippen LogP contribution >= 0.6 is 11.6 Å². The number of methoxy groups -OCH3 is 1. The Kier molecular flexibility index (Phi) is 6.96. The van der Waals surface area contributed by atoms with Gasteiger partial charge in [0.2, 0.25) is 0 Å². The molecule has 2 N–H and O–H groups in total. The van der Waals surface area contributed by atoms with E-state index >= 15 is 0 Å². The standard InChI is InChI=1S/C22H20ClF3N4O6/c1-10-16(27-9-35-10)19-28-14(7-30-8-22(25,26)6-15(30)20(31)32)18(36-21(33)34-2)17(29-19)12-4-3-11(24)5-13(12)23/h3-5,9,15,17H,6-8H2,1-2H3,(H,28,29)(H,31,32)/t15-,17+/m0/s1. The molecule has 10 nitrogen and oxygen atoms in total. The summed E-state index contributed by atoms with van der Waals surface area (Å²) in [5.41, 5.74) is 0.507. The number of aromatic nitrogens is 1. The SMILES string of the molecule is COC(=O)OC1=C(CN2CC(F)(F)C[C@H]2C(=O)O)NC(c2ncoc2C)=N[C@@H]1c1ccc(F)cc1Cl. The zero-order chi connectivity index (χ0) is 26.2. The Labute approximate surface area is 207 Å². The number of aliphatic carboxylic acids is 1. The summed E-state index contributed by atoms with van der Waals surface area (Å²) in [4.78, 5) is 33.5. The summed E-state index contributed by atoms with van der Waals surface area (Å²) in [5, 5.41) is 12.4. The van der Waals surface area contributed by atoms with Gasteiger partial charge in [0.05, 0.1) is 19.4 Å². The smallest absolute Gasteiger partial charge is 0.480 e. The maximum atomic E-state index is 14.2. The molecule has 0 spiro atoms. The predicted molar refractivity (Wildman–Crippen MR) is 118 cm³/mol. The van der Waals surface area contributed by atoms with Gasteiger partial charge >= 0.3 is 12.1 Å². The van der Waals surface area contributed by atoms with Crippen LogP contribution in [0.3, 0.4) is 0 Å². The van der Waals surface area contributed by atoms with E-state index in [2.05, 4.69) is 20.0 Å². The van der Waals surface area contributed by atoms with E-state index in [9.17, 15) is 27.9 Å². The maximum Gasteiger partial charge on any atom is 0.513 e. The van der Waals surface area contributed by atoms with E-state index in [0.29, 0.717) is 5.76 Å². The first-order chi connectivity index (χ1) is 17.0. The van der Waals surface area contributed by atoms with Crippen molar-refractivity contribution in [2.24, 2.45) is 4.99 Å². The minimum Gasteiger partial charge on any atom is -0.480 e. The number of ether oxygens (including phenoxy) is 2. The van der Waals surface area contributed by atoms with Crippen molar-refractivity contribution in [2.45, 2.75) is 31.4 Å². The zero-order valence-electron chi connectivity index (χ0n) is 18.9. The fraction of sp³-hybridized carbons (Fsp3) is 0.364. The van der Waals surface area contributed by atoms with E-state index in [0.717, 1.165) is 24.1 Å². The Morgan fingerprint density at radius 3 is 2.75 bits per heavy atom. The van der Waals surface area contributed by atoms with Gasteiger partial charge in [-0.25, -0.2) is 27.9 Å². The van der Waals surface area contributed by atoms with Gasteiger partial charge in [-0.3, -0.25) is 9.69 Å². The summed E-state index contributed by atoms with van der Waals surface area (Å²) in [7, 11) is 1.06. The highest BCUT2D eigenvalue weighted by Gasteiger charge is 2.49. The van der Waals surface area contributed by atoms with Crippen LogP contribution in [0.15, 0.2) is 45.5 Å². The quantitative estimate of drug-likeness (QED) is 0.540.